The zero-order valence-electron chi connectivity index (χ0n) is 12.4. The van der Waals surface area contributed by atoms with E-state index < -0.39 is 0 Å². The maximum absolute atomic E-state index is 12.7. The SMILES string of the molecule is CC1CN(C(=O)c2ncccc2C#CCCO)C(C)CO1. The molecule has 1 amide bonds. The van der Waals surface area contributed by atoms with Gasteiger partial charge in [-0.25, -0.2) is 4.98 Å². The highest BCUT2D eigenvalue weighted by Crippen LogP contribution is 2.16. The Balaban J connectivity index is 2.25. The Kier molecular flexibility index (Phi) is 5.32. The van der Waals surface area contributed by atoms with Gasteiger partial charge in [0, 0.05) is 19.2 Å². The zero-order valence-corrected chi connectivity index (χ0v) is 12.4. The molecular weight excluding hydrogens is 268 g/mol. The van der Waals surface area contributed by atoms with Gasteiger partial charge in [-0.15, -0.1) is 0 Å². The van der Waals surface area contributed by atoms with Gasteiger partial charge in [-0.3, -0.25) is 4.79 Å². The van der Waals surface area contributed by atoms with Crippen LogP contribution in [-0.2, 0) is 4.74 Å². The number of pyridine rings is 1. The molecule has 21 heavy (non-hydrogen) atoms. The summed E-state index contributed by atoms with van der Waals surface area (Å²) in [5.74, 6) is 5.62. The van der Waals surface area contributed by atoms with Crippen molar-refractivity contribution in [3.05, 3.63) is 29.6 Å². The number of hydrogen-bond acceptors (Lipinski definition) is 4. The molecule has 2 atom stereocenters. The van der Waals surface area contributed by atoms with Crippen LogP contribution < -0.4 is 0 Å². The molecule has 2 unspecified atom stereocenters. The number of morpholine rings is 1. The van der Waals surface area contributed by atoms with E-state index >= 15 is 0 Å². The van der Waals surface area contributed by atoms with Crippen LogP contribution in [0.1, 0.15) is 36.3 Å². The van der Waals surface area contributed by atoms with E-state index in [2.05, 4.69) is 16.8 Å². The van der Waals surface area contributed by atoms with Crippen LogP contribution in [0.15, 0.2) is 18.3 Å². The molecule has 1 N–H and O–H groups in total. The molecule has 1 fully saturated rings. The average Bonchev–Trinajstić information content (AvgIpc) is 2.50. The Morgan fingerprint density at radius 2 is 2.38 bits per heavy atom. The van der Waals surface area contributed by atoms with Gasteiger partial charge in [0.1, 0.15) is 5.69 Å². The Morgan fingerprint density at radius 1 is 1.57 bits per heavy atom. The third-order valence-corrected chi connectivity index (χ3v) is 3.34. The van der Waals surface area contributed by atoms with Crippen molar-refractivity contribution in [2.24, 2.45) is 0 Å². The molecule has 1 aliphatic heterocycles. The minimum absolute atomic E-state index is 0.00849. The quantitative estimate of drug-likeness (QED) is 0.827. The number of hydrogen-bond donors (Lipinski definition) is 1. The maximum atomic E-state index is 12.7. The van der Waals surface area contributed by atoms with Gasteiger partial charge in [-0.1, -0.05) is 11.8 Å². The molecule has 1 aromatic heterocycles. The highest BCUT2D eigenvalue weighted by atomic mass is 16.5. The summed E-state index contributed by atoms with van der Waals surface area (Å²) >= 11 is 0. The van der Waals surface area contributed by atoms with E-state index in [9.17, 15) is 4.79 Å². The van der Waals surface area contributed by atoms with E-state index in [0.717, 1.165) is 0 Å². The molecule has 0 radical (unpaired) electrons. The van der Waals surface area contributed by atoms with Crippen molar-refractivity contribution in [2.45, 2.75) is 32.4 Å². The monoisotopic (exact) mass is 288 g/mol. The normalized spacial score (nSPS) is 21.6. The molecule has 0 saturated carbocycles. The van der Waals surface area contributed by atoms with E-state index in [0.29, 0.717) is 30.8 Å². The minimum Gasteiger partial charge on any atom is -0.395 e. The molecule has 2 heterocycles. The first-order valence-electron chi connectivity index (χ1n) is 7.10. The summed E-state index contributed by atoms with van der Waals surface area (Å²) < 4.78 is 5.55. The predicted octanol–water partition coefficient (Wildman–Crippen LogP) is 1.06. The van der Waals surface area contributed by atoms with E-state index in [1.165, 1.54) is 0 Å². The van der Waals surface area contributed by atoms with Gasteiger partial charge in [0.05, 0.1) is 30.9 Å². The van der Waals surface area contributed by atoms with Crippen molar-refractivity contribution in [2.75, 3.05) is 19.8 Å². The Bertz CT molecular complexity index is 562. The van der Waals surface area contributed by atoms with Crippen molar-refractivity contribution >= 4 is 5.91 Å². The first-order valence-corrected chi connectivity index (χ1v) is 7.10. The number of aliphatic hydroxyl groups excluding tert-OH is 1. The fourth-order valence-electron chi connectivity index (χ4n) is 2.21. The Morgan fingerprint density at radius 3 is 3.14 bits per heavy atom. The molecule has 112 valence electrons. The molecule has 5 heteroatoms. The van der Waals surface area contributed by atoms with Gasteiger partial charge in [-0.05, 0) is 26.0 Å². The first-order chi connectivity index (χ1) is 10.1. The summed E-state index contributed by atoms with van der Waals surface area (Å²) in [4.78, 5) is 18.7. The van der Waals surface area contributed by atoms with Crippen LogP contribution in [0.2, 0.25) is 0 Å². The molecule has 0 aliphatic carbocycles. The van der Waals surface area contributed by atoms with Crippen LogP contribution >= 0.6 is 0 Å². The lowest BCUT2D eigenvalue weighted by molar-refractivity contribution is -0.0389. The lowest BCUT2D eigenvalue weighted by Crippen LogP contribution is -2.50. The van der Waals surface area contributed by atoms with Crippen molar-refractivity contribution in [3.8, 4) is 11.8 Å². The van der Waals surface area contributed by atoms with E-state index in [-0.39, 0.29) is 24.7 Å². The number of carbonyl (C=O) groups is 1. The minimum atomic E-state index is -0.119. The van der Waals surface area contributed by atoms with Crippen LogP contribution in [0.5, 0.6) is 0 Å². The summed E-state index contributed by atoms with van der Waals surface area (Å²) in [6.45, 7) is 5.01. The summed E-state index contributed by atoms with van der Waals surface area (Å²) in [7, 11) is 0. The smallest absolute Gasteiger partial charge is 0.274 e. The molecule has 5 nitrogen and oxygen atoms in total. The second-order valence-electron chi connectivity index (χ2n) is 5.13. The van der Waals surface area contributed by atoms with Gasteiger partial charge in [0.25, 0.3) is 5.91 Å². The molecule has 2 rings (SSSR count). The Hall–Kier alpha value is -1.90. The maximum Gasteiger partial charge on any atom is 0.274 e. The largest absolute Gasteiger partial charge is 0.395 e. The van der Waals surface area contributed by atoms with Crippen LogP contribution in [0, 0.1) is 11.8 Å². The van der Waals surface area contributed by atoms with Gasteiger partial charge < -0.3 is 14.7 Å². The highest BCUT2D eigenvalue weighted by Gasteiger charge is 2.29. The summed E-state index contributed by atoms with van der Waals surface area (Å²) in [5, 5.41) is 8.78. The number of carbonyl (C=O) groups excluding carboxylic acids is 1. The standard InChI is InChI=1S/C16H20N2O3/c1-12-11-21-13(2)10-18(12)16(20)15-14(6-3-4-9-19)7-5-8-17-15/h5,7-8,12-13,19H,4,9-11H2,1-2H3. The lowest BCUT2D eigenvalue weighted by Gasteiger charge is -2.36. The zero-order chi connectivity index (χ0) is 15.2. The summed E-state index contributed by atoms with van der Waals surface area (Å²) in [6.07, 6.45) is 2.00. The van der Waals surface area contributed by atoms with Crippen molar-refractivity contribution in [3.63, 3.8) is 0 Å². The average molecular weight is 288 g/mol. The van der Waals surface area contributed by atoms with Gasteiger partial charge in [-0.2, -0.15) is 0 Å². The number of aromatic nitrogens is 1. The second kappa shape index (κ2) is 7.21. The third kappa shape index (κ3) is 3.81. The Labute approximate surface area is 124 Å². The van der Waals surface area contributed by atoms with Crippen LogP contribution in [0.3, 0.4) is 0 Å². The molecule has 1 aliphatic rings. The van der Waals surface area contributed by atoms with E-state index in [4.69, 9.17) is 9.84 Å². The fraction of sp³-hybridized carbons (Fsp3) is 0.500. The fourth-order valence-corrected chi connectivity index (χ4v) is 2.21. The molecule has 1 saturated heterocycles. The molecule has 1 aromatic rings. The van der Waals surface area contributed by atoms with Crippen LogP contribution in [0.4, 0.5) is 0 Å². The number of ether oxygens (including phenoxy) is 1. The molecule has 0 bridgehead atoms. The van der Waals surface area contributed by atoms with Crippen LogP contribution in [0.25, 0.3) is 0 Å². The van der Waals surface area contributed by atoms with Crippen molar-refractivity contribution < 1.29 is 14.6 Å². The number of rotatable bonds is 2. The number of aliphatic hydroxyl groups is 1. The van der Waals surface area contributed by atoms with Gasteiger partial charge >= 0.3 is 0 Å². The number of amides is 1. The lowest BCUT2D eigenvalue weighted by atomic mass is 10.1. The van der Waals surface area contributed by atoms with Gasteiger partial charge in [0.15, 0.2) is 0 Å². The number of nitrogens with zero attached hydrogens (tertiary/aromatic N) is 2. The van der Waals surface area contributed by atoms with Gasteiger partial charge in [0.2, 0.25) is 0 Å². The molecular formula is C16H20N2O3. The highest BCUT2D eigenvalue weighted by molar-refractivity contribution is 5.95. The van der Waals surface area contributed by atoms with E-state index in [1.807, 2.05) is 13.8 Å². The first kappa shape index (κ1) is 15.5. The summed E-state index contributed by atoms with van der Waals surface area (Å²) in [5.41, 5.74) is 0.964. The predicted molar refractivity (Wildman–Crippen MR) is 78.7 cm³/mol. The van der Waals surface area contributed by atoms with Crippen LogP contribution in [-0.4, -0.2) is 52.8 Å². The second-order valence-corrected chi connectivity index (χ2v) is 5.13. The third-order valence-electron chi connectivity index (χ3n) is 3.34. The van der Waals surface area contributed by atoms with E-state index in [1.54, 1.807) is 23.2 Å². The topological polar surface area (TPSA) is 62.7 Å². The molecule has 0 aromatic carbocycles. The van der Waals surface area contributed by atoms with Crippen molar-refractivity contribution in [1.29, 1.82) is 0 Å². The summed E-state index contributed by atoms with van der Waals surface area (Å²) in [6, 6.07) is 3.55. The van der Waals surface area contributed by atoms with Crippen molar-refractivity contribution in [1.82, 2.24) is 9.88 Å². The molecule has 0 spiro atoms.